The number of carbonyl (C=O) groups excluding carboxylic acids is 1. The van der Waals surface area contributed by atoms with Gasteiger partial charge in [-0.1, -0.05) is 12.8 Å². The molecule has 1 aliphatic carbocycles. The number of amides is 1. The van der Waals surface area contributed by atoms with E-state index in [9.17, 15) is 4.79 Å². The van der Waals surface area contributed by atoms with Crippen molar-refractivity contribution in [1.29, 1.82) is 0 Å². The summed E-state index contributed by atoms with van der Waals surface area (Å²) in [5, 5.41) is 0. The van der Waals surface area contributed by atoms with Crippen molar-refractivity contribution in [1.82, 2.24) is 9.80 Å². The van der Waals surface area contributed by atoms with E-state index in [1.54, 1.807) is 0 Å². The molecule has 110 valence electrons. The summed E-state index contributed by atoms with van der Waals surface area (Å²) < 4.78 is 0. The highest BCUT2D eigenvalue weighted by Gasteiger charge is 2.42. The van der Waals surface area contributed by atoms with Gasteiger partial charge in [0.25, 0.3) is 0 Å². The zero-order chi connectivity index (χ0) is 13.9. The summed E-state index contributed by atoms with van der Waals surface area (Å²) in [5.41, 5.74) is 5.70. The molecule has 1 saturated heterocycles. The maximum absolute atomic E-state index is 12.8. The third kappa shape index (κ3) is 3.11. The van der Waals surface area contributed by atoms with E-state index >= 15 is 0 Å². The monoisotopic (exact) mass is 267 g/mol. The average Bonchev–Trinajstić information content (AvgIpc) is 2.75. The van der Waals surface area contributed by atoms with Crippen molar-refractivity contribution in [3.8, 4) is 0 Å². The van der Waals surface area contributed by atoms with Crippen molar-refractivity contribution < 1.29 is 4.79 Å². The lowest BCUT2D eigenvalue weighted by molar-refractivity contribution is -0.141. The standard InChI is InChI=1S/C15H29N3O/c1-13(2)17-8-5-9-18(11-10-17)14(19)15(12-16)6-3-4-7-15/h13H,3-12,16H2,1-2H3. The first-order valence-corrected chi connectivity index (χ1v) is 7.82. The summed E-state index contributed by atoms with van der Waals surface area (Å²) in [6, 6.07) is 0.574. The fraction of sp³-hybridized carbons (Fsp3) is 0.933. The van der Waals surface area contributed by atoms with Crippen LogP contribution in [-0.4, -0.2) is 54.5 Å². The van der Waals surface area contributed by atoms with Crippen LogP contribution in [0.2, 0.25) is 0 Å². The molecule has 0 bridgehead atoms. The summed E-state index contributed by atoms with van der Waals surface area (Å²) in [5.74, 6) is 0.332. The molecule has 2 rings (SSSR count). The predicted molar refractivity (Wildman–Crippen MR) is 77.9 cm³/mol. The highest BCUT2D eigenvalue weighted by Crippen LogP contribution is 2.39. The van der Waals surface area contributed by atoms with Gasteiger partial charge < -0.3 is 10.6 Å². The van der Waals surface area contributed by atoms with Crippen molar-refractivity contribution in [3.05, 3.63) is 0 Å². The van der Waals surface area contributed by atoms with Crippen LogP contribution in [0, 0.1) is 5.41 Å². The van der Waals surface area contributed by atoms with Crippen LogP contribution >= 0.6 is 0 Å². The summed E-state index contributed by atoms with van der Waals surface area (Å²) in [6.45, 7) is 8.88. The first kappa shape index (κ1) is 14.8. The zero-order valence-electron chi connectivity index (χ0n) is 12.5. The van der Waals surface area contributed by atoms with Gasteiger partial charge in [0, 0.05) is 38.8 Å². The summed E-state index contributed by atoms with van der Waals surface area (Å²) in [7, 11) is 0. The van der Waals surface area contributed by atoms with E-state index < -0.39 is 0 Å². The minimum Gasteiger partial charge on any atom is -0.341 e. The molecule has 0 aromatic rings. The molecule has 2 N–H and O–H groups in total. The first-order valence-electron chi connectivity index (χ1n) is 7.82. The van der Waals surface area contributed by atoms with Gasteiger partial charge in [0.1, 0.15) is 0 Å². The molecule has 0 radical (unpaired) electrons. The molecule has 4 nitrogen and oxygen atoms in total. The molecule has 1 amide bonds. The van der Waals surface area contributed by atoms with Gasteiger partial charge in [0.05, 0.1) is 5.41 Å². The Hall–Kier alpha value is -0.610. The van der Waals surface area contributed by atoms with E-state index in [4.69, 9.17) is 5.73 Å². The van der Waals surface area contributed by atoms with Crippen LogP contribution in [0.3, 0.4) is 0 Å². The van der Waals surface area contributed by atoms with E-state index in [2.05, 4.69) is 23.6 Å². The molecule has 1 saturated carbocycles. The van der Waals surface area contributed by atoms with E-state index in [1.807, 2.05) is 0 Å². The van der Waals surface area contributed by atoms with E-state index in [0.717, 1.165) is 58.3 Å². The van der Waals surface area contributed by atoms with Crippen molar-refractivity contribution >= 4 is 5.91 Å². The molecule has 0 spiro atoms. The molecule has 2 fully saturated rings. The lowest BCUT2D eigenvalue weighted by Crippen LogP contribution is -2.48. The number of nitrogens with two attached hydrogens (primary N) is 1. The lowest BCUT2D eigenvalue weighted by Gasteiger charge is -2.33. The molecular formula is C15H29N3O. The second-order valence-electron chi connectivity index (χ2n) is 6.47. The normalized spacial score (nSPS) is 24.7. The van der Waals surface area contributed by atoms with Crippen molar-refractivity contribution in [3.63, 3.8) is 0 Å². The number of nitrogens with zero attached hydrogens (tertiary/aromatic N) is 2. The van der Waals surface area contributed by atoms with Gasteiger partial charge in [-0.15, -0.1) is 0 Å². The van der Waals surface area contributed by atoms with Gasteiger partial charge in [-0.25, -0.2) is 0 Å². The smallest absolute Gasteiger partial charge is 0.230 e. The van der Waals surface area contributed by atoms with Crippen molar-refractivity contribution in [2.45, 2.75) is 52.0 Å². The molecule has 4 heteroatoms. The van der Waals surface area contributed by atoms with Crippen molar-refractivity contribution in [2.75, 3.05) is 32.7 Å². The van der Waals surface area contributed by atoms with Crippen LogP contribution in [0.5, 0.6) is 0 Å². The van der Waals surface area contributed by atoms with E-state index in [1.165, 1.54) is 0 Å². The number of rotatable bonds is 3. The fourth-order valence-electron chi connectivity index (χ4n) is 3.55. The number of hydrogen-bond donors (Lipinski definition) is 1. The van der Waals surface area contributed by atoms with Crippen LogP contribution in [0.15, 0.2) is 0 Å². The molecule has 19 heavy (non-hydrogen) atoms. The Labute approximate surface area is 117 Å². The Kier molecular flexibility index (Phi) is 4.85. The van der Waals surface area contributed by atoms with Gasteiger partial charge in [-0.05, 0) is 33.1 Å². The quantitative estimate of drug-likeness (QED) is 0.842. The summed E-state index contributed by atoms with van der Waals surface area (Å²) in [4.78, 5) is 17.4. The van der Waals surface area contributed by atoms with Gasteiger partial charge in [0.15, 0.2) is 0 Å². The Morgan fingerprint density at radius 3 is 2.37 bits per heavy atom. The van der Waals surface area contributed by atoms with Gasteiger partial charge in [0.2, 0.25) is 5.91 Å². The van der Waals surface area contributed by atoms with Gasteiger partial charge >= 0.3 is 0 Å². The SMILES string of the molecule is CC(C)N1CCCN(C(=O)C2(CN)CCCC2)CC1. The van der Waals surface area contributed by atoms with E-state index in [-0.39, 0.29) is 5.41 Å². The topological polar surface area (TPSA) is 49.6 Å². The number of hydrogen-bond acceptors (Lipinski definition) is 3. The molecule has 2 aliphatic rings. The molecular weight excluding hydrogens is 238 g/mol. The van der Waals surface area contributed by atoms with E-state index in [0.29, 0.717) is 18.5 Å². The largest absolute Gasteiger partial charge is 0.341 e. The second kappa shape index (κ2) is 6.23. The van der Waals surface area contributed by atoms with Crippen LogP contribution in [0.25, 0.3) is 0 Å². The second-order valence-corrected chi connectivity index (χ2v) is 6.47. The Morgan fingerprint density at radius 2 is 1.79 bits per heavy atom. The maximum Gasteiger partial charge on any atom is 0.230 e. The van der Waals surface area contributed by atoms with Crippen LogP contribution in [0.4, 0.5) is 0 Å². The molecule has 1 aliphatic heterocycles. The molecule has 1 heterocycles. The Bertz CT molecular complexity index is 311. The molecule has 0 aromatic heterocycles. The Morgan fingerprint density at radius 1 is 1.11 bits per heavy atom. The minimum absolute atomic E-state index is 0.229. The minimum atomic E-state index is -0.229. The fourth-order valence-corrected chi connectivity index (χ4v) is 3.55. The van der Waals surface area contributed by atoms with Crippen LogP contribution < -0.4 is 5.73 Å². The highest BCUT2D eigenvalue weighted by molar-refractivity contribution is 5.83. The third-order valence-electron chi connectivity index (χ3n) is 4.95. The predicted octanol–water partition coefficient (Wildman–Crippen LogP) is 1.45. The highest BCUT2D eigenvalue weighted by atomic mass is 16.2. The zero-order valence-corrected chi connectivity index (χ0v) is 12.5. The maximum atomic E-state index is 12.8. The molecule has 0 unspecified atom stereocenters. The van der Waals surface area contributed by atoms with Crippen molar-refractivity contribution in [2.24, 2.45) is 11.1 Å². The average molecular weight is 267 g/mol. The molecule has 0 atom stereocenters. The first-order chi connectivity index (χ1) is 9.09. The van der Waals surface area contributed by atoms with Crippen LogP contribution in [0.1, 0.15) is 46.0 Å². The van der Waals surface area contributed by atoms with Crippen LogP contribution in [-0.2, 0) is 4.79 Å². The lowest BCUT2D eigenvalue weighted by atomic mass is 9.84. The third-order valence-corrected chi connectivity index (χ3v) is 4.95. The van der Waals surface area contributed by atoms with Gasteiger partial charge in [-0.3, -0.25) is 9.69 Å². The Balaban J connectivity index is 1.99. The summed E-state index contributed by atoms with van der Waals surface area (Å²) >= 11 is 0. The molecule has 0 aromatic carbocycles. The summed E-state index contributed by atoms with van der Waals surface area (Å²) in [6.07, 6.45) is 5.40. The number of carbonyl (C=O) groups is 1. The van der Waals surface area contributed by atoms with Gasteiger partial charge in [-0.2, -0.15) is 0 Å².